The molecule has 0 aliphatic heterocycles. The number of Topliss-reactive ketones (excluding diaryl/α,β-unsaturated/α-hetero) is 1. The molecule has 0 bridgehead atoms. The van der Waals surface area contributed by atoms with Crippen molar-refractivity contribution in [2.24, 2.45) is 0 Å². The number of allylic oxidation sites excluding steroid dienone is 1. The number of nitrogens with zero attached hydrogens (tertiary/aromatic N) is 3. The van der Waals surface area contributed by atoms with Gasteiger partial charge >= 0.3 is 0 Å². The van der Waals surface area contributed by atoms with E-state index in [0.29, 0.717) is 32.9 Å². The smallest absolute Gasteiger partial charge is 0.273 e. The lowest BCUT2D eigenvalue weighted by Gasteiger charge is -2.03. The topological polar surface area (TPSA) is 83.3 Å². The first-order valence-corrected chi connectivity index (χ1v) is 12.2. The molecule has 0 aliphatic rings. The molecular formula is C27H22ClN3O4S. The van der Waals surface area contributed by atoms with E-state index in [-0.39, 0.29) is 17.4 Å². The van der Waals surface area contributed by atoms with E-state index in [9.17, 15) is 9.59 Å². The second-order valence-corrected chi connectivity index (χ2v) is 8.90. The maximum atomic E-state index is 13.1. The van der Waals surface area contributed by atoms with Gasteiger partial charge in [-0.05, 0) is 72.3 Å². The van der Waals surface area contributed by atoms with Crippen molar-refractivity contribution in [3.8, 4) is 22.9 Å². The van der Waals surface area contributed by atoms with Crippen LogP contribution in [0.25, 0.3) is 17.5 Å². The number of carbonyl (C=O) groups is 2. The van der Waals surface area contributed by atoms with E-state index in [1.54, 1.807) is 56.7 Å². The van der Waals surface area contributed by atoms with E-state index in [0.717, 1.165) is 23.1 Å². The highest BCUT2D eigenvalue weighted by atomic mass is 35.5. The lowest BCUT2D eigenvalue weighted by molar-refractivity contribution is 0.0942. The van der Waals surface area contributed by atoms with Gasteiger partial charge in [0.2, 0.25) is 0 Å². The Hall–Kier alpha value is -3.88. The summed E-state index contributed by atoms with van der Waals surface area (Å²) in [6, 6.07) is 21.2. The van der Waals surface area contributed by atoms with Crippen LogP contribution in [0, 0.1) is 0 Å². The quantitative estimate of drug-likeness (QED) is 0.153. The van der Waals surface area contributed by atoms with Gasteiger partial charge in [-0.2, -0.15) is 4.68 Å². The summed E-state index contributed by atoms with van der Waals surface area (Å²) in [4.78, 5) is 30.3. The highest BCUT2D eigenvalue weighted by Gasteiger charge is 2.18. The lowest BCUT2D eigenvalue weighted by Crippen LogP contribution is -2.12. The predicted octanol–water partition coefficient (Wildman–Crippen LogP) is 5.94. The van der Waals surface area contributed by atoms with Crippen LogP contribution in [0.4, 0.5) is 0 Å². The minimum atomic E-state index is -0.389. The molecule has 36 heavy (non-hydrogen) atoms. The summed E-state index contributed by atoms with van der Waals surface area (Å²) in [5.41, 5.74) is 2.07. The zero-order valence-corrected chi connectivity index (χ0v) is 21.1. The van der Waals surface area contributed by atoms with Crippen LogP contribution in [-0.4, -0.2) is 46.4 Å². The molecule has 182 valence electrons. The Balaban J connectivity index is 1.59. The molecule has 1 aromatic heterocycles. The van der Waals surface area contributed by atoms with E-state index in [1.165, 1.54) is 10.8 Å². The third kappa shape index (κ3) is 6.21. The van der Waals surface area contributed by atoms with Crippen LogP contribution >= 0.6 is 23.4 Å². The summed E-state index contributed by atoms with van der Waals surface area (Å²) in [7, 11) is 3.18. The van der Waals surface area contributed by atoms with Gasteiger partial charge in [-0.3, -0.25) is 9.59 Å². The van der Waals surface area contributed by atoms with Crippen molar-refractivity contribution in [2.75, 3.05) is 20.0 Å². The summed E-state index contributed by atoms with van der Waals surface area (Å²) in [5.74, 6) is 1.36. The molecule has 0 amide bonds. The number of halogens is 1. The Kier molecular flexibility index (Phi) is 8.20. The van der Waals surface area contributed by atoms with Crippen LogP contribution < -0.4 is 9.47 Å². The molecule has 0 radical (unpaired) electrons. The Labute approximate surface area is 217 Å². The Morgan fingerprint density at radius 1 is 0.917 bits per heavy atom. The van der Waals surface area contributed by atoms with Crippen molar-refractivity contribution in [2.45, 2.75) is 5.16 Å². The van der Waals surface area contributed by atoms with Crippen LogP contribution in [0.15, 0.2) is 84.0 Å². The standard InChI is InChI=1S/C27H22ClN3O4S/c1-34-22-12-3-18(4-13-22)5-16-25(33)31-27(36-17-24(32)19-6-10-21(28)11-7-19)29-26(30-31)20-8-14-23(35-2)15-9-20/h3-16H,17H2,1-2H3/b16-5+. The molecule has 0 fully saturated rings. The van der Waals surface area contributed by atoms with Gasteiger partial charge in [0, 0.05) is 22.2 Å². The zero-order valence-electron chi connectivity index (χ0n) is 19.6. The highest BCUT2D eigenvalue weighted by Crippen LogP contribution is 2.25. The fraction of sp³-hybridized carbons (Fsp3) is 0.111. The van der Waals surface area contributed by atoms with Gasteiger partial charge in [0.15, 0.2) is 16.8 Å². The monoisotopic (exact) mass is 519 g/mol. The van der Waals surface area contributed by atoms with Gasteiger partial charge in [0.1, 0.15) is 11.5 Å². The van der Waals surface area contributed by atoms with Crippen molar-refractivity contribution < 1.29 is 19.1 Å². The number of methoxy groups -OCH3 is 2. The number of benzene rings is 3. The number of carbonyl (C=O) groups excluding carboxylic acids is 2. The molecule has 0 atom stereocenters. The zero-order chi connectivity index (χ0) is 25.5. The van der Waals surface area contributed by atoms with Crippen molar-refractivity contribution >= 4 is 41.1 Å². The Bertz CT molecular complexity index is 1380. The van der Waals surface area contributed by atoms with E-state index in [1.807, 2.05) is 36.4 Å². The third-order valence-electron chi connectivity index (χ3n) is 5.17. The molecule has 0 saturated carbocycles. The van der Waals surface area contributed by atoms with E-state index in [4.69, 9.17) is 21.1 Å². The molecule has 4 rings (SSSR count). The van der Waals surface area contributed by atoms with Crippen LogP contribution in [0.5, 0.6) is 11.5 Å². The van der Waals surface area contributed by atoms with Crippen molar-refractivity contribution in [1.82, 2.24) is 14.8 Å². The first kappa shape index (κ1) is 25.2. The molecule has 9 heteroatoms. The number of rotatable bonds is 9. The fourth-order valence-electron chi connectivity index (χ4n) is 3.20. The molecule has 3 aromatic carbocycles. The number of ether oxygens (including phenoxy) is 2. The minimum Gasteiger partial charge on any atom is -0.497 e. The third-order valence-corrected chi connectivity index (χ3v) is 6.35. The number of hydrogen-bond donors (Lipinski definition) is 0. The summed E-state index contributed by atoms with van der Waals surface area (Å²) >= 11 is 7.06. The molecule has 0 saturated heterocycles. The van der Waals surface area contributed by atoms with E-state index < -0.39 is 0 Å². The molecule has 1 heterocycles. The van der Waals surface area contributed by atoms with Crippen molar-refractivity contribution in [3.63, 3.8) is 0 Å². The second kappa shape index (κ2) is 11.7. The Morgan fingerprint density at radius 3 is 2.14 bits per heavy atom. The normalized spacial score (nSPS) is 11.0. The van der Waals surface area contributed by atoms with Crippen LogP contribution in [0.1, 0.15) is 20.7 Å². The van der Waals surface area contributed by atoms with E-state index >= 15 is 0 Å². The van der Waals surface area contributed by atoms with Gasteiger partial charge in [0.25, 0.3) is 5.91 Å². The van der Waals surface area contributed by atoms with Crippen LogP contribution in [-0.2, 0) is 0 Å². The van der Waals surface area contributed by atoms with Gasteiger partial charge < -0.3 is 9.47 Å². The van der Waals surface area contributed by atoms with Gasteiger partial charge in [-0.15, -0.1) is 5.10 Å². The summed E-state index contributed by atoms with van der Waals surface area (Å²) in [5, 5.41) is 5.30. The van der Waals surface area contributed by atoms with E-state index in [2.05, 4.69) is 10.1 Å². The first-order chi connectivity index (χ1) is 17.5. The van der Waals surface area contributed by atoms with Crippen LogP contribution in [0.2, 0.25) is 5.02 Å². The minimum absolute atomic E-state index is 0.0812. The maximum Gasteiger partial charge on any atom is 0.273 e. The summed E-state index contributed by atoms with van der Waals surface area (Å²) in [6.45, 7) is 0. The molecule has 0 N–H and O–H groups in total. The van der Waals surface area contributed by atoms with Gasteiger partial charge in [-0.25, -0.2) is 4.98 Å². The average Bonchev–Trinajstić information content (AvgIpc) is 3.35. The van der Waals surface area contributed by atoms with Crippen molar-refractivity contribution in [1.29, 1.82) is 0 Å². The fourth-order valence-corrected chi connectivity index (χ4v) is 4.16. The molecule has 0 aliphatic carbocycles. The Morgan fingerprint density at radius 2 is 1.53 bits per heavy atom. The second-order valence-electron chi connectivity index (χ2n) is 7.52. The molecule has 0 unspecified atom stereocenters. The number of hydrogen-bond acceptors (Lipinski definition) is 7. The number of ketones is 1. The molecule has 7 nitrogen and oxygen atoms in total. The largest absolute Gasteiger partial charge is 0.497 e. The maximum absolute atomic E-state index is 13.1. The SMILES string of the molecule is COc1ccc(/C=C/C(=O)n2nc(-c3ccc(OC)cc3)nc2SCC(=O)c2ccc(Cl)cc2)cc1. The summed E-state index contributed by atoms with van der Waals surface area (Å²) in [6.07, 6.45) is 3.10. The number of aromatic nitrogens is 3. The van der Waals surface area contributed by atoms with Gasteiger partial charge in [-0.1, -0.05) is 35.5 Å². The molecular weight excluding hydrogens is 498 g/mol. The average molecular weight is 520 g/mol. The molecule has 4 aromatic rings. The van der Waals surface area contributed by atoms with Crippen LogP contribution in [0.3, 0.4) is 0 Å². The predicted molar refractivity (Wildman–Crippen MR) is 141 cm³/mol. The van der Waals surface area contributed by atoms with Gasteiger partial charge in [0.05, 0.1) is 20.0 Å². The van der Waals surface area contributed by atoms with Crippen molar-refractivity contribution in [3.05, 3.63) is 95.0 Å². The highest BCUT2D eigenvalue weighted by molar-refractivity contribution is 7.99. The first-order valence-electron chi connectivity index (χ1n) is 10.9. The molecule has 0 spiro atoms. The lowest BCUT2D eigenvalue weighted by atomic mass is 10.1. The number of thioether (sulfide) groups is 1. The summed E-state index contributed by atoms with van der Waals surface area (Å²) < 4.78 is 11.6.